The molecule has 0 spiro atoms. The second-order valence-electron chi connectivity index (χ2n) is 8.76. The van der Waals surface area contributed by atoms with Crippen molar-refractivity contribution in [3.8, 4) is 17.2 Å². The Labute approximate surface area is 208 Å². The van der Waals surface area contributed by atoms with E-state index in [2.05, 4.69) is 10.2 Å². The first kappa shape index (κ1) is 26.3. The molecule has 1 fully saturated rings. The fourth-order valence-electron chi connectivity index (χ4n) is 4.33. The van der Waals surface area contributed by atoms with Gasteiger partial charge >= 0.3 is 0 Å². The molecule has 1 unspecified atom stereocenters. The molecular formula is C27H37N3O5. The van der Waals surface area contributed by atoms with Crippen molar-refractivity contribution in [2.75, 3.05) is 54.1 Å². The molecular weight excluding hydrogens is 446 g/mol. The Morgan fingerprint density at radius 1 is 0.914 bits per heavy atom. The van der Waals surface area contributed by atoms with Crippen LogP contribution in [-0.4, -0.2) is 75.7 Å². The first-order chi connectivity index (χ1) is 16.9. The quantitative estimate of drug-likeness (QED) is 0.560. The first-order valence-corrected chi connectivity index (χ1v) is 12.1. The molecule has 3 rings (SSSR count). The lowest BCUT2D eigenvalue weighted by atomic mass is 10.1. The molecule has 1 atom stereocenters. The number of carbonyl (C=O) groups excluding carboxylic acids is 2. The number of nitrogens with one attached hydrogen (secondary N) is 1. The number of aryl methyl sites for hydroxylation is 1. The minimum atomic E-state index is -0.226. The maximum Gasteiger partial charge on any atom is 0.234 e. The van der Waals surface area contributed by atoms with Gasteiger partial charge in [-0.2, -0.15) is 0 Å². The second-order valence-corrected chi connectivity index (χ2v) is 8.76. The summed E-state index contributed by atoms with van der Waals surface area (Å²) < 4.78 is 15.9. The van der Waals surface area contributed by atoms with E-state index < -0.39 is 0 Å². The number of hydrogen-bond donors (Lipinski definition) is 1. The van der Waals surface area contributed by atoms with Crippen LogP contribution in [0.5, 0.6) is 17.2 Å². The van der Waals surface area contributed by atoms with Gasteiger partial charge in [-0.1, -0.05) is 12.1 Å². The van der Waals surface area contributed by atoms with E-state index in [1.54, 1.807) is 21.3 Å². The van der Waals surface area contributed by atoms with Gasteiger partial charge in [0.25, 0.3) is 0 Å². The smallest absolute Gasteiger partial charge is 0.234 e. The zero-order valence-corrected chi connectivity index (χ0v) is 21.2. The zero-order chi connectivity index (χ0) is 25.2. The molecule has 1 heterocycles. The molecule has 0 aliphatic carbocycles. The highest BCUT2D eigenvalue weighted by atomic mass is 16.5. The Morgan fingerprint density at radius 2 is 1.63 bits per heavy atom. The molecule has 35 heavy (non-hydrogen) atoms. The van der Waals surface area contributed by atoms with Gasteiger partial charge in [0.15, 0.2) is 0 Å². The normalized spacial score (nSPS) is 15.1. The third-order valence-electron chi connectivity index (χ3n) is 6.38. The van der Waals surface area contributed by atoms with E-state index in [1.165, 1.54) is 0 Å². The summed E-state index contributed by atoms with van der Waals surface area (Å²) in [5.74, 6) is 2.34. The fourth-order valence-corrected chi connectivity index (χ4v) is 4.33. The van der Waals surface area contributed by atoms with Crippen LogP contribution in [0, 0.1) is 0 Å². The van der Waals surface area contributed by atoms with Crippen molar-refractivity contribution < 1.29 is 23.8 Å². The van der Waals surface area contributed by atoms with Crippen LogP contribution in [0.25, 0.3) is 0 Å². The molecule has 0 bridgehead atoms. The minimum absolute atomic E-state index is 0.0540. The summed E-state index contributed by atoms with van der Waals surface area (Å²) in [6.45, 7) is 5.04. The van der Waals surface area contributed by atoms with Crippen molar-refractivity contribution in [1.29, 1.82) is 0 Å². The standard InChI is InChI=1S/C27H37N3O5/c1-20(24-18-23(34-3)11-12-25(24)35-4)28-26(31)19-29-14-5-15-30(17-16-29)27(32)13-8-21-6-9-22(33-2)10-7-21/h6-7,9-12,18,20H,5,8,13-17,19H2,1-4H3,(H,28,31). The van der Waals surface area contributed by atoms with Gasteiger partial charge in [-0.3, -0.25) is 14.5 Å². The van der Waals surface area contributed by atoms with Gasteiger partial charge in [0.1, 0.15) is 17.2 Å². The Morgan fingerprint density at radius 3 is 2.31 bits per heavy atom. The predicted octanol–water partition coefficient (Wildman–Crippen LogP) is 3.06. The average Bonchev–Trinajstić information content (AvgIpc) is 3.12. The maximum absolute atomic E-state index is 12.8. The Kier molecular flexibility index (Phi) is 9.78. The SMILES string of the molecule is COc1ccc(CCC(=O)N2CCCN(CC(=O)NC(C)c3cc(OC)ccc3OC)CC2)cc1. The zero-order valence-electron chi connectivity index (χ0n) is 21.2. The molecule has 1 aliphatic rings. The number of methoxy groups -OCH3 is 3. The summed E-state index contributed by atoms with van der Waals surface area (Å²) in [7, 11) is 4.87. The average molecular weight is 484 g/mol. The van der Waals surface area contributed by atoms with Crippen LogP contribution in [0.15, 0.2) is 42.5 Å². The molecule has 2 aromatic rings. The molecule has 0 radical (unpaired) electrons. The second kappa shape index (κ2) is 13.0. The predicted molar refractivity (Wildman–Crippen MR) is 135 cm³/mol. The maximum atomic E-state index is 12.8. The summed E-state index contributed by atoms with van der Waals surface area (Å²) in [4.78, 5) is 29.6. The number of benzene rings is 2. The van der Waals surface area contributed by atoms with E-state index in [-0.39, 0.29) is 17.9 Å². The highest BCUT2D eigenvalue weighted by Gasteiger charge is 2.22. The molecule has 8 heteroatoms. The van der Waals surface area contributed by atoms with Crippen LogP contribution in [-0.2, 0) is 16.0 Å². The Bertz CT molecular complexity index is 979. The summed E-state index contributed by atoms with van der Waals surface area (Å²) >= 11 is 0. The van der Waals surface area contributed by atoms with E-state index in [0.29, 0.717) is 44.0 Å². The van der Waals surface area contributed by atoms with E-state index in [9.17, 15) is 9.59 Å². The number of amides is 2. The molecule has 1 aliphatic heterocycles. The molecule has 8 nitrogen and oxygen atoms in total. The minimum Gasteiger partial charge on any atom is -0.497 e. The lowest BCUT2D eigenvalue weighted by Crippen LogP contribution is -2.40. The van der Waals surface area contributed by atoms with Gasteiger partial charge in [0, 0.05) is 38.2 Å². The fraction of sp³-hybridized carbons (Fsp3) is 0.481. The number of carbonyl (C=O) groups is 2. The van der Waals surface area contributed by atoms with Gasteiger partial charge in [-0.25, -0.2) is 0 Å². The third kappa shape index (κ3) is 7.62. The summed E-state index contributed by atoms with van der Waals surface area (Å²) in [6, 6.07) is 13.2. The van der Waals surface area contributed by atoms with Crippen LogP contribution >= 0.6 is 0 Å². The number of ether oxygens (including phenoxy) is 3. The van der Waals surface area contributed by atoms with Crippen LogP contribution < -0.4 is 19.5 Å². The van der Waals surface area contributed by atoms with Crippen LogP contribution in [0.3, 0.4) is 0 Å². The summed E-state index contributed by atoms with van der Waals surface area (Å²) in [5.41, 5.74) is 1.98. The van der Waals surface area contributed by atoms with E-state index >= 15 is 0 Å². The van der Waals surface area contributed by atoms with Crippen molar-refractivity contribution in [3.63, 3.8) is 0 Å². The highest BCUT2D eigenvalue weighted by molar-refractivity contribution is 5.79. The van der Waals surface area contributed by atoms with Crippen molar-refractivity contribution >= 4 is 11.8 Å². The number of rotatable bonds is 10. The topological polar surface area (TPSA) is 80.3 Å². The van der Waals surface area contributed by atoms with Crippen molar-refractivity contribution in [2.24, 2.45) is 0 Å². The van der Waals surface area contributed by atoms with Crippen LogP contribution in [0.2, 0.25) is 0 Å². The highest BCUT2D eigenvalue weighted by Crippen LogP contribution is 2.29. The van der Waals surface area contributed by atoms with Crippen LogP contribution in [0.1, 0.15) is 36.9 Å². The monoisotopic (exact) mass is 483 g/mol. The molecule has 0 saturated carbocycles. The number of hydrogen-bond acceptors (Lipinski definition) is 6. The van der Waals surface area contributed by atoms with Gasteiger partial charge in [0.05, 0.1) is 33.9 Å². The molecule has 2 aromatic carbocycles. The lowest BCUT2D eigenvalue weighted by molar-refractivity contribution is -0.131. The van der Waals surface area contributed by atoms with Gasteiger partial charge in [0.2, 0.25) is 11.8 Å². The van der Waals surface area contributed by atoms with Gasteiger partial charge in [-0.05, 0) is 55.7 Å². The van der Waals surface area contributed by atoms with E-state index in [1.807, 2.05) is 54.3 Å². The third-order valence-corrected chi connectivity index (χ3v) is 6.38. The summed E-state index contributed by atoms with van der Waals surface area (Å²) in [5, 5.41) is 3.06. The molecule has 0 aromatic heterocycles. The molecule has 190 valence electrons. The molecule has 1 saturated heterocycles. The van der Waals surface area contributed by atoms with Crippen molar-refractivity contribution in [3.05, 3.63) is 53.6 Å². The van der Waals surface area contributed by atoms with Crippen LogP contribution in [0.4, 0.5) is 0 Å². The van der Waals surface area contributed by atoms with Gasteiger partial charge < -0.3 is 24.4 Å². The number of nitrogens with zero attached hydrogens (tertiary/aromatic N) is 2. The molecule has 1 N–H and O–H groups in total. The molecule has 2 amide bonds. The first-order valence-electron chi connectivity index (χ1n) is 12.1. The lowest BCUT2D eigenvalue weighted by Gasteiger charge is -2.23. The Hall–Kier alpha value is -3.26. The Balaban J connectivity index is 1.46. The largest absolute Gasteiger partial charge is 0.497 e. The van der Waals surface area contributed by atoms with Crippen molar-refractivity contribution in [2.45, 2.75) is 32.2 Å². The van der Waals surface area contributed by atoms with E-state index in [4.69, 9.17) is 14.2 Å². The van der Waals surface area contributed by atoms with E-state index in [0.717, 1.165) is 36.4 Å². The van der Waals surface area contributed by atoms with Crippen molar-refractivity contribution in [1.82, 2.24) is 15.1 Å². The van der Waals surface area contributed by atoms with Gasteiger partial charge in [-0.15, -0.1) is 0 Å². The summed E-state index contributed by atoms with van der Waals surface area (Å²) in [6.07, 6.45) is 2.03.